The molecule has 0 aliphatic carbocycles. The number of rotatable bonds is 9. The van der Waals surface area contributed by atoms with Crippen LogP contribution in [0.1, 0.15) is 58.3 Å². The number of aryl methyl sites for hydroxylation is 1. The molecule has 1 rings (SSSR count). The second-order valence-corrected chi connectivity index (χ2v) is 5.22. The van der Waals surface area contributed by atoms with Crippen LogP contribution in [0.3, 0.4) is 0 Å². The first-order chi connectivity index (χ1) is 7.83. The zero-order valence-electron chi connectivity index (χ0n) is 10.2. The van der Waals surface area contributed by atoms with Crippen molar-refractivity contribution in [2.45, 2.75) is 64.8 Å². The van der Waals surface area contributed by atoms with Crippen LogP contribution in [0.2, 0.25) is 0 Å². The maximum absolute atomic E-state index is 4.26. The molecule has 1 aromatic rings. The van der Waals surface area contributed by atoms with Gasteiger partial charge in [0.25, 0.3) is 0 Å². The van der Waals surface area contributed by atoms with Crippen LogP contribution in [-0.2, 0) is 6.54 Å². The molecule has 0 saturated heterocycles. The first-order valence-corrected chi connectivity index (χ1v) is 7.45. The maximum atomic E-state index is 4.26. The summed E-state index contributed by atoms with van der Waals surface area (Å²) in [5.74, 6) is 0. The predicted molar refractivity (Wildman–Crippen MR) is 75.3 cm³/mol. The standard InChI is InChI=1S/C12H22IN3/c1-2-3-4-5-6-7-8-9-10-16-11-14-12(13)15-16/h11H,2-10H2,1H3. The zero-order chi connectivity index (χ0) is 11.6. The summed E-state index contributed by atoms with van der Waals surface area (Å²) in [4.78, 5) is 4.10. The van der Waals surface area contributed by atoms with Crippen LogP contribution in [0, 0.1) is 3.83 Å². The third kappa shape index (κ3) is 6.45. The fraction of sp³-hybridized carbons (Fsp3) is 0.833. The van der Waals surface area contributed by atoms with E-state index in [0.717, 1.165) is 10.4 Å². The molecule has 0 aliphatic rings. The molecule has 0 unspecified atom stereocenters. The van der Waals surface area contributed by atoms with E-state index in [1.807, 2.05) is 11.0 Å². The minimum absolute atomic E-state index is 0.845. The molecule has 0 spiro atoms. The van der Waals surface area contributed by atoms with Gasteiger partial charge in [-0.15, -0.1) is 5.10 Å². The molecule has 16 heavy (non-hydrogen) atoms. The topological polar surface area (TPSA) is 30.7 Å². The quantitative estimate of drug-likeness (QED) is 0.504. The Kier molecular flexibility index (Phi) is 7.80. The lowest BCUT2D eigenvalue weighted by Crippen LogP contribution is -1.98. The molecule has 0 saturated carbocycles. The zero-order valence-corrected chi connectivity index (χ0v) is 12.3. The molecule has 0 radical (unpaired) electrons. The van der Waals surface area contributed by atoms with Gasteiger partial charge in [-0.2, -0.15) is 0 Å². The Morgan fingerprint density at radius 1 is 1.06 bits per heavy atom. The van der Waals surface area contributed by atoms with E-state index in [1.54, 1.807) is 0 Å². The third-order valence-corrected chi connectivity index (χ3v) is 3.24. The highest BCUT2D eigenvalue weighted by atomic mass is 127. The summed E-state index contributed by atoms with van der Waals surface area (Å²) in [6.45, 7) is 3.28. The average Bonchev–Trinajstić information content (AvgIpc) is 2.68. The monoisotopic (exact) mass is 335 g/mol. The van der Waals surface area contributed by atoms with Gasteiger partial charge in [0, 0.05) is 29.1 Å². The SMILES string of the molecule is CCCCCCCCCCn1cnc(I)n1. The van der Waals surface area contributed by atoms with Gasteiger partial charge in [-0.05, 0) is 6.42 Å². The van der Waals surface area contributed by atoms with Gasteiger partial charge in [0.2, 0.25) is 3.83 Å². The second kappa shape index (κ2) is 8.96. The Hall–Kier alpha value is -0.130. The number of hydrogen-bond donors (Lipinski definition) is 0. The molecule has 92 valence electrons. The fourth-order valence-electron chi connectivity index (χ4n) is 1.79. The second-order valence-electron chi connectivity index (χ2n) is 4.25. The van der Waals surface area contributed by atoms with Gasteiger partial charge >= 0.3 is 0 Å². The number of nitrogens with zero attached hydrogens (tertiary/aromatic N) is 3. The van der Waals surface area contributed by atoms with E-state index in [1.165, 1.54) is 51.4 Å². The molecular weight excluding hydrogens is 313 g/mol. The summed E-state index contributed by atoms with van der Waals surface area (Å²) in [6, 6.07) is 0. The highest BCUT2D eigenvalue weighted by Gasteiger charge is 1.96. The number of halogens is 1. The van der Waals surface area contributed by atoms with Crippen molar-refractivity contribution >= 4 is 22.6 Å². The fourth-order valence-corrected chi connectivity index (χ4v) is 2.19. The van der Waals surface area contributed by atoms with Crippen molar-refractivity contribution < 1.29 is 0 Å². The largest absolute Gasteiger partial charge is 0.252 e. The van der Waals surface area contributed by atoms with Crippen molar-refractivity contribution in [1.29, 1.82) is 0 Å². The summed E-state index contributed by atoms with van der Waals surface area (Å²) >= 11 is 2.14. The van der Waals surface area contributed by atoms with Crippen molar-refractivity contribution in [3.8, 4) is 0 Å². The number of hydrogen-bond acceptors (Lipinski definition) is 2. The smallest absolute Gasteiger partial charge is 0.211 e. The Morgan fingerprint density at radius 3 is 2.25 bits per heavy atom. The van der Waals surface area contributed by atoms with Gasteiger partial charge in [-0.25, -0.2) is 4.98 Å². The van der Waals surface area contributed by atoms with Crippen molar-refractivity contribution in [2.24, 2.45) is 0 Å². The first kappa shape index (κ1) is 13.9. The molecule has 0 fully saturated rings. The van der Waals surface area contributed by atoms with E-state index in [-0.39, 0.29) is 0 Å². The van der Waals surface area contributed by atoms with E-state index in [2.05, 4.69) is 39.6 Å². The summed E-state index contributed by atoms with van der Waals surface area (Å²) < 4.78 is 2.79. The maximum Gasteiger partial charge on any atom is 0.211 e. The lowest BCUT2D eigenvalue weighted by Gasteiger charge is -2.01. The van der Waals surface area contributed by atoms with Crippen molar-refractivity contribution in [3.63, 3.8) is 0 Å². The Bertz CT molecular complexity index is 273. The van der Waals surface area contributed by atoms with Crippen LogP contribution in [0.5, 0.6) is 0 Å². The Balaban J connectivity index is 1.88. The number of aromatic nitrogens is 3. The van der Waals surface area contributed by atoms with Crippen molar-refractivity contribution in [2.75, 3.05) is 0 Å². The molecule has 0 bridgehead atoms. The Labute approximate surface area is 112 Å². The molecule has 0 N–H and O–H groups in total. The molecule has 1 aromatic heterocycles. The average molecular weight is 335 g/mol. The van der Waals surface area contributed by atoms with Gasteiger partial charge < -0.3 is 0 Å². The molecule has 0 aromatic carbocycles. The van der Waals surface area contributed by atoms with Crippen LogP contribution in [0.15, 0.2) is 6.33 Å². The van der Waals surface area contributed by atoms with Crippen LogP contribution >= 0.6 is 22.6 Å². The minimum Gasteiger partial charge on any atom is -0.252 e. The van der Waals surface area contributed by atoms with Crippen LogP contribution in [0.25, 0.3) is 0 Å². The van der Waals surface area contributed by atoms with Gasteiger partial charge in [-0.1, -0.05) is 51.9 Å². The normalized spacial score (nSPS) is 10.9. The van der Waals surface area contributed by atoms with Crippen LogP contribution in [-0.4, -0.2) is 14.8 Å². The predicted octanol–water partition coefficient (Wildman–Crippen LogP) is 4.02. The summed E-state index contributed by atoms with van der Waals surface area (Å²) in [7, 11) is 0. The van der Waals surface area contributed by atoms with Gasteiger partial charge in [0.05, 0.1) is 0 Å². The lowest BCUT2D eigenvalue weighted by atomic mass is 10.1. The first-order valence-electron chi connectivity index (χ1n) is 6.38. The minimum atomic E-state index is 0.845. The Morgan fingerprint density at radius 2 is 1.69 bits per heavy atom. The molecular formula is C12H22IN3. The molecule has 0 aliphatic heterocycles. The summed E-state index contributed by atoms with van der Waals surface area (Å²) in [6.07, 6.45) is 12.7. The van der Waals surface area contributed by atoms with Crippen molar-refractivity contribution in [3.05, 3.63) is 10.2 Å². The van der Waals surface area contributed by atoms with Gasteiger partial charge in [-0.3, -0.25) is 4.68 Å². The van der Waals surface area contributed by atoms with Crippen LogP contribution in [0.4, 0.5) is 0 Å². The van der Waals surface area contributed by atoms with Gasteiger partial charge in [0.1, 0.15) is 6.33 Å². The van der Waals surface area contributed by atoms with E-state index in [4.69, 9.17) is 0 Å². The van der Waals surface area contributed by atoms with Gasteiger partial charge in [0.15, 0.2) is 0 Å². The van der Waals surface area contributed by atoms with E-state index in [9.17, 15) is 0 Å². The molecule has 1 heterocycles. The third-order valence-electron chi connectivity index (χ3n) is 2.75. The van der Waals surface area contributed by atoms with E-state index < -0.39 is 0 Å². The lowest BCUT2D eigenvalue weighted by molar-refractivity contribution is 0.518. The highest BCUT2D eigenvalue weighted by Crippen LogP contribution is 2.08. The van der Waals surface area contributed by atoms with Crippen LogP contribution < -0.4 is 0 Å². The summed E-state index contributed by atoms with van der Waals surface area (Å²) in [5, 5.41) is 4.26. The summed E-state index contributed by atoms with van der Waals surface area (Å²) in [5.41, 5.74) is 0. The van der Waals surface area contributed by atoms with E-state index in [0.29, 0.717) is 0 Å². The molecule has 0 amide bonds. The van der Waals surface area contributed by atoms with E-state index >= 15 is 0 Å². The molecule has 3 nitrogen and oxygen atoms in total. The molecule has 4 heteroatoms. The molecule has 0 atom stereocenters. The van der Waals surface area contributed by atoms with Crippen molar-refractivity contribution in [1.82, 2.24) is 14.8 Å². The highest BCUT2D eigenvalue weighted by molar-refractivity contribution is 14.1. The number of unbranched alkanes of at least 4 members (excludes halogenated alkanes) is 7.